The molecule has 29 heavy (non-hydrogen) atoms. The van der Waals surface area contributed by atoms with Crippen LogP contribution in [0.3, 0.4) is 0 Å². The summed E-state index contributed by atoms with van der Waals surface area (Å²) in [5, 5.41) is 24.7. The van der Waals surface area contributed by atoms with Gasteiger partial charge in [0.1, 0.15) is 5.01 Å². The van der Waals surface area contributed by atoms with E-state index in [2.05, 4.69) is 10.3 Å². The Kier molecular flexibility index (Phi) is 6.82. The van der Waals surface area contributed by atoms with Gasteiger partial charge in [-0.25, -0.2) is 4.98 Å². The van der Waals surface area contributed by atoms with Gasteiger partial charge in [-0.3, -0.25) is 4.79 Å². The molecule has 0 radical (unpaired) electrons. The van der Waals surface area contributed by atoms with Crippen molar-refractivity contribution in [2.75, 3.05) is 32.7 Å². The second-order valence-corrected chi connectivity index (χ2v) is 7.00. The van der Waals surface area contributed by atoms with Gasteiger partial charge >= 0.3 is 0 Å². The topological polar surface area (TPSA) is 101 Å². The van der Waals surface area contributed by atoms with Crippen molar-refractivity contribution in [3.05, 3.63) is 58.6 Å². The Morgan fingerprint density at radius 2 is 2.00 bits per heavy atom. The molecule has 0 aliphatic heterocycles. The number of carbonyl (C=O) groups excluding carboxylic acids is 1. The van der Waals surface area contributed by atoms with Crippen molar-refractivity contribution in [1.29, 1.82) is 0 Å². The third-order valence-electron chi connectivity index (χ3n) is 4.36. The van der Waals surface area contributed by atoms with Crippen molar-refractivity contribution >= 4 is 22.8 Å². The maximum atomic E-state index is 13.3. The minimum atomic E-state index is -0.292. The van der Waals surface area contributed by atoms with Gasteiger partial charge in [0.15, 0.2) is 17.3 Å². The molecule has 0 unspecified atom stereocenters. The molecule has 2 aromatic carbocycles. The van der Waals surface area contributed by atoms with E-state index in [0.29, 0.717) is 40.4 Å². The van der Waals surface area contributed by atoms with E-state index in [0.717, 1.165) is 10.6 Å². The van der Waals surface area contributed by atoms with Crippen LogP contribution in [0.5, 0.6) is 11.5 Å². The fourth-order valence-corrected chi connectivity index (χ4v) is 3.66. The SMILES string of the molecule is COc1cc(C(=O)c2ccc(-c3nccs3)cc2NCCO)cc(CO)c1OC. The number of ether oxygens (including phenoxy) is 2. The molecule has 0 atom stereocenters. The van der Waals surface area contributed by atoms with Crippen LogP contribution in [0.4, 0.5) is 5.69 Å². The van der Waals surface area contributed by atoms with Gasteiger partial charge in [-0.15, -0.1) is 11.3 Å². The summed E-state index contributed by atoms with van der Waals surface area (Å²) in [6, 6.07) is 8.59. The summed E-state index contributed by atoms with van der Waals surface area (Å²) in [6.45, 7) is -0.0607. The van der Waals surface area contributed by atoms with Crippen molar-refractivity contribution in [2.45, 2.75) is 6.61 Å². The number of ketones is 1. The van der Waals surface area contributed by atoms with Crippen LogP contribution in [-0.4, -0.2) is 48.4 Å². The van der Waals surface area contributed by atoms with Gasteiger partial charge in [-0.2, -0.15) is 0 Å². The van der Waals surface area contributed by atoms with Crippen molar-refractivity contribution in [3.63, 3.8) is 0 Å². The molecule has 3 aromatic rings. The molecule has 0 amide bonds. The third kappa shape index (κ3) is 4.40. The lowest BCUT2D eigenvalue weighted by atomic mass is 9.97. The average Bonchev–Trinajstić information content (AvgIpc) is 3.30. The molecule has 0 spiro atoms. The van der Waals surface area contributed by atoms with Crippen LogP contribution in [0.15, 0.2) is 41.9 Å². The number of carbonyl (C=O) groups is 1. The smallest absolute Gasteiger partial charge is 0.195 e. The number of rotatable bonds is 9. The van der Waals surface area contributed by atoms with Gasteiger partial charge in [-0.1, -0.05) is 6.07 Å². The number of aliphatic hydroxyl groups excluding tert-OH is 2. The first-order chi connectivity index (χ1) is 14.1. The predicted octanol–water partition coefficient (Wildman–Crippen LogP) is 2.95. The Labute approximate surface area is 172 Å². The molecular formula is C21H22N2O5S. The highest BCUT2D eigenvalue weighted by atomic mass is 32.1. The Balaban J connectivity index is 2.06. The van der Waals surface area contributed by atoms with E-state index in [1.54, 1.807) is 24.4 Å². The summed E-state index contributed by atoms with van der Waals surface area (Å²) < 4.78 is 10.6. The Hall–Kier alpha value is -2.94. The number of aliphatic hydroxyl groups is 2. The van der Waals surface area contributed by atoms with Gasteiger partial charge in [0.2, 0.25) is 0 Å². The van der Waals surface area contributed by atoms with Gasteiger partial charge < -0.3 is 25.0 Å². The van der Waals surface area contributed by atoms with Gasteiger partial charge in [0.05, 0.1) is 27.4 Å². The number of benzene rings is 2. The molecule has 0 aliphatic carbocycles. The van der Waals surface area contributed by atoms with E-state index >= 15 is 0 Å². The van der Waals surface area contributed by atoms with Crippen LogP contribution in [0.1, 0.15) is 21.5 Å². The zero-order valence-electron chi connectivity index (χ0n) is 16.1. The summed E-state index contributed by atoms with van der Waals surface area (Å²) in [6.07, 6.45) is 1.72. The molecular weight excluding hydrogens is 392 g/mol. The highest BCUT2D eigenvalue weighted by molar-refractivity contribution is 7.13. The number of nitrogens with zero attached hydrogens (tertiary/aromatic N) is 1. The van der Waals surface area contributed by atoms with Crippen molar-refractivity contribution < 1.29 is 24.5 Å². The molecule has 3 N–H and O–H groups in total. The van der Waals surface area contributed by atoms with Crippen LogP contribution in [-0.2, 0) is 6.61 Å². The maximum Gasteiger partial charge on any atom is 0.195 e. The normalized spacial score (nSPS) is 10.6. The second-order valence-electron chi connectivity index (χ2n) is 6.11. The monoisotopic (exact) mass is 414 g/mol. The predicted molar refractivity (Wildman–Crippen MR) is 112 cm³/mol. The summed E-state index contributed by atoms with van der Waals surface area (Å²) >= 11 is 1.50. The third-order valence-corrected chi connectivity index (χ3v) is 5.18. The number of methoxy groups -OCH3 is 2. The van der Waals surface area contributed by atoms with E-state index < -0.39 is 0 Å². The highest BCUT2D eigenvalue weighted by Gasteiger charge is 2.20. The first-order valence-electron chi connectivity index (χ1n) is 8.92. The Morgan fingerprint density at radius 3 is 2.62 bits per heavy atom. The molecule has 0 aliphatic rings. The van der Waals surface area contributed by atoms with Gasteiger partial charge in [0, 0.05) is 46.1 Å². The Morgan fingerprint density at radius 1 is 1.17 bits per heavy atom. The minimum absolute atomic E-state index is 0.0693. The molecule has 0 saturated heterocycles. The lowest BCUT2D eigenvalue weighted by molar-refractivity contribution is 0.103. The molecule has 8 heteroatoms. The van der Waals surface area contributed by atoms with Crippen molar-refractivity contribution in [2.24, 2.45) is 0 Å². The molecule has 1 heterocycles. The lowest BCUT2D eigenvalue weighted by Crippen LogP contribution is -2.12. The van der Waals surface area contributed by atoms with E-state index in [9.17, 15) is 15.0 Å². The van der Waals surface area contributed by atoms with Crippen LogP contribution >= 0.6 is 11.3 Å². The second kappa shape index (κ2) is 9.51. The molecule has 0 saturated carbocycles. The number of nitrogens with one attached hydrogen (secondary N) is 1. The summed E-state index contributed by atoms with van der Waals surface area (Å²) in [4.78, 5) is 17.6. The first-order valence-corrected chi connectivity index (χ1v) is 9.80. The van der Waals surface area contributed by atoms with Gasteiger partial charge in [0.25, 0.3) is 0 Å². The maximum absolute atomic E-state index is 13.3. The van der Waals surface area contributed by atoms with E-state index in [-0.39, 0.29) is 19.0 Å². The van der Waals surface area contributed by atoms with Crippen molar-refractivity contribution in [1.82, 2.24) is 4.98 Å². The van der Waals surface area contributed by atoms with Gasteiger partial charge in [-0.05, 0) is 24.3 Å². The van der Waals surface area contributed by atoms with Crippen LogP contribution < -0.4 is 14.8 Å². The molecule has 3 rings (SSSR count). The largest absolute Gasteiger partial charge is 0.493 e. The number of anilines is 1. The molecule has 0 bridgehead atoms. The lowest BCUT2D eigenvalue weighted by Gasteiger charge is -2.15. The fraction of sp³-hybridized carbons (Fsp3) is 0.238. The summed E-state index contributed by atoms with van der Waals surface area (Å²) in [5.74, 6) is 0.516. The summed E-state index contributed by atoms with van der Waals surface area (Å²) in [5.41, 5.74) is 2.73. The van der Waals surface area contributed by atoms with E-state index in [1.165, 1.54) is 25.6 Å². The van der Waals surface area contributed by atoms with E-state index in [1.807, 2.05) is 17.5 Å². The zero-order chi connectivity index (χ0) is 20.8. The zero-order valence-corrected chi connectivity index (χ0v) is 17.0. The quantitative estimate of drug-likeness (QED) is 0.463. The molecule has 1 aromatic heterocycles. The fourth-order valence-electron chi connectivity index (χ4n) is 3.03. The molecule has 0 fully saturated rings. The standard InChI is InChI=1S/C21H22N2O5S/c1-27-18-11-14(9-15(12-25)20(18)28-2)19(26)16-4-3-13(21-23-6-8-29-21)10-17(16)22-5-7-24/h3-4,6,8-11,22,24-25H,5,7,12H2,1-2H3. The Bertz CT molecular complexity index is 964. The number of hydrogen-bond donors (Lipinski definition) is 3. The number of hydrogen-bond acceptors (Lipinski definition) is 8. The summed E-state index contributed by atoms with van der Waals surface area (Å²) in [7, 11) is 2.96. The van der Waals surface area contributed by atoms with Crippen LogP contribution in [0.2, 0.25) is 0 Å². The minimum Gasteiger partial charge on any atom is -0.493 e. The molecule has 7 nitrogen and oxygen atoms in total. The highest BCUT2D eigenvalue weighted by Crippen LogP contribution is 2.35. The molecule has 152 valence electrons. The van der Waals surface area contributed by atoms with Crippen LogP contribution in [0, 0.1) is 0 Å². The van der Waals surface area contributed by atoms with Crippen LogP contribution in [0.25, 0.3) is 10.6 Å². The van der Waals surface area contributed by atoms with Crippen molar-refractivity contribution in [3.8, 4) is 22.1 Å². The first kappa shape index (κ1) is 20.8. The van der Waals surface area contributed by atoms with E-state index in [4.69, 9.17) is 9.47 Å². The average molecular weight is 414 g/mol. The number of aromatic nitrogens is 1. The number of thiazole rings is 1.